The molecule has 1 N–H and O–H groups in total. The predicted octanol–water partition coefficient (Wildman–Crippen LogP) is 4.50. The number of aliphatic hydroxyl groups is 1. The first-order valence-corrected chi connectivity index (χ1v) is 11.4. The molecule has 4 atom stereocenters. The molecule has 0 spiro atoms. The molecule has 1 aromatic carbocycles. The van der Waals surface area contributed by atoms with Crippen LogP contribution in [-0.2, 0) is 4.74 Å². The van der Waals surface area contributed by atoms with Gasteiger partial charge in [0, 0.05) is 32.7 Å². The maximum absolute atomic E-state index is 10.6. The lowest BCUT2D eigenvalue weighted by Gasteiger charge is -2.39. The predicted molar refractivity (Wildman–Crippen MR) is 133 cm³/mol. The Balaban J connectivity index is 0.00000240. The summed E-state index contributed by atoms with van der Waals surface area (Å²) in [5, 5.41) is 10.6. The van der Waals surface area contributed by atoms with E-state index in [-0.39, 0.29) is 24.8 Å². The largest absolute Gasteiger partial charge is 0.495 e. The number of rotatable bonds is 8. The Labute approximate surface area is 201 Å². The van der Waals surface area contributed by atoms with Gasteiger partial charge in [0.2, 0.25) is 0 Å². The molecule has 1 aliphatic heterocycles. The lowest BCUT2D eigenvalue weighted by molar-refractivity contribution is -0.0740. The molecule has 0 radical (unpaired) electrons. The smallest absolute Gasteiger partial charge is 0.142 e. The van der Waals surface area contributed by atoms with E-state index in [9.17, 15) is 5.11 Å². The third-order valence-electron chi connectivity index (χ3n) is 6.73. The van der Waals surface area contributed by atoms with E-state index < -0.39 is 6.10 Å². The molecule has 1 saturated heterocycles. The van der Waals surface area contributed by atoms with Crippen molar-refractivity contribution in [2.75, 3.05) is 51.3 Å². The van der Waals surface area contributed by atoms with E-state index in [1.54, 1.807) is 7.11 Å². The highest BCUT2D eigenvalue weighted by Gasteiger charge is 2.32. The van der Waals surface area contributed by atoms with Crippen molar-refractivity contribution in [2.24, 2.45) is 17.8 Å². The number of halogens is 2. The van der Waals surface area contributed by atoms with E-state index in [1.807, 2.05) is 12.1 Å². The fraction of sp³-hybridized carbons (Fsp3) is 0.750. The number of aliphatic hydroxyl groups excluding tert-OH is 1. The Hall–Kier alpha value is -0.720. The van der Waals surface area contributed by atoms with Crippen LogP contribution in [-0.4, -0.2) is 68.7 Å². The summed E-state index contributed by atoms with van der Waals surface area (Å²) in [5.41, 5.74) is 1.16. The van der Waals surface area contributed by atoms with Gasteiger partial charge in [-0.2, -0.15) is 0 Å². The minimum Gasteiger partial charge on any atom is -0.495 e. The van der Waals surface area contributed by atoms with Crippen LogP contribution in [0.4, 0.5) is 5.69 Å². The number of para-hydroxylation sites is 2. The third-order valence-corrected chi connectivity index (χ3v) is 6.73. The van der Waals surface area contributed by atoms with Crippen molar-refractivity contribution in [1.82, 2.24) is 4.90 Å². The van der Waals surface area contributed by atoms with Crippen molar-refractivity contribution in [2.45, 2.75) is 52.2 Å². The van der Waals surface area contributed by atoms with Crippen molar-refractivity contribution >= 4 is 30.5 Å². The number of hydrogen-bond acceptors (Lipinski definition) is 5. The molecule has 5 nitrogen and oxygen atoms in total. The van der Waals surface area contributed by atoms with Gasteiger partial charge < -0.3 is 19.5 Å². The Morgan fingerprint density at radius 3 is 2.39 bits per heavy atom. The minimum absolute atomic E-state index is 0. The number of β-amino-alcohol motifs (C(OH)–C–C–N with tert-alkyl or cyclic N) is 1. The van der Waals surface area contributed by atoms with Gasteiger partial charge in [-0.3, -0.25) is 4.90 Å². The molecule has 1 aliphatic carbocycles. The molecule has 3 rings (SSSR count). The summed E-state index contributed by atoms with van der Waals surface area (Å²) >= 11 is 0. The zero-order valence-corrected chi connectivity index (χ0v) is 21.2. The van der Waals surface area contributed by atoms with Crippen LogP contribution in [0.3, 0.4) is 0 Å². The molecule has 0 bridgehead atoms. The van der Waals surface area contributed by atoms with Crippen molar-refractivity contribution in [3.63, 3.8) is 0 Å². The maximum atomic E-state index is 10.6. The Bertz CT molecular complexity index is 627. The summed E-state index contributed by atoms with van der Waals surface area (Å²) in [6.07, 6.45) is 3.58. The number of piperazine rings is 1. The molecule has 0 amide bonds. The maximum Gasteiger partial charge on any atom is 0.142 e. The molecule has 2 aliphatic rings. The Morgan fingerprint density at radius 1 is 1.06 bits per heavy atom. The summed E-state index contributed by atoms with van der Waals surface area (Å²) in [6, 6.07) is 8.19. The summed E-state index contributed by atoms with van der Waals surface area (Å²) in [7, 11) is 1.72. The second kappa shape index (κ2) is 13.7. The van der Waals surface area contributed by atoms with Gasteiger partial charge in [0.1, 0.15) is 5.75 Å². The summed E-state index contributed by atoms with van der Waals surface area (Å²) in [6.45, 7) is 11.9. The summed E-state index contributed by atoms with van der Waals surface area (Å²) in [5.74, 6) is 2.93. The summed E-state index contributed by atoms with van der Waals surface area (Å²) in [4.78, 5) is 4.72. The molecular weight excluding hydrogens is 435 g/mol. The quantitative estimate of drug-likeness (QED) is 0.598. The second-order valence-corrected chi connectivity index (χ2v) is 9.31. The van der Waals surface area contributed by atoms with Gasteiger partial charge >= 0.3 is 0 Å². The number of methoxy groups -OCH3 is 1. The topological polar surface area (TPSA) is 45.2 Å². The Morgan fingerprint density at radius 2 is 1.74 bits per heavy atom. The van der Waals surface area contributed by atoms with Crippen LogP contribution in [0, 0.1) is 17.8 Å². The van der Waals surface area contributed by atoms with Crippen LogP contribution in [0.2, 0.25) is 0 Å². The van der Waals surface area contributed by atoms with Crippen molar-refractivity contribution in [1.29, 1.82) is 0 Å². The molecule has 1 heterocycles. The zero-order valence-electron chi connectivity index (χ0n) is 19.5. The van der Waals surface area contributed by atoms with Gasteiger partial charge in [0.15, 0.2) is 0 Å². The van der Waals surface area contributed by atoms with Gasteiger partial charge in [-0.25, -0.2) is 0 Å². The molecule has 0 aromatic heterocycles. The molecule has 180 valence electrons. The number of nitrogens with zero attached hydrogens (tertiary/aromatic N) is 2. The molecule has 1 aromatic rings. The molecule has 2 fully saturated rings. The van der Waals surface area contributed by atoms with E-state index >= 15 is 0 Å². The van der Waals surface area contributed by atoms with Crippen LogP contribution in [0.25, 0.3) is 0 Å². The van der Waals surface area contributed by atoms with Crippen molar-refractivity contribution < 1.29 is 14.6 Å². The van der Waals surface area contributed by atoms with Crippen LogP contribution in [0.1, 0.15) is 40.0 Å². The lowest BCUT2D eigenvalue weighted by atomic mass is 9.75. The van der Waals surface area contributed by atoms with Crippen LogP contribution >= 0.6 is 24.8 Å². The number of anilines is 1. The van der Waals surface area contributed by atoms with E-state index in [2.05, 4.69) is 42.7 Å². The first-order chi connectivity index (χ1) is 14.0. The fourth-order valence-electron chi connectivity index (χ4n) is 4.95. The molecule has 31 heavy (non-hydrogen) atoms. The standard InChI is InChI=1S/C24H40N2O3.2ClH/c1-18(2)21-10-9-19(3)15-24(21)29-17-20(27)16-25-11-13-26(14-12-25)22-7-5-6-8-23(22)28-4;;/h5-8,18-21,24,27H,9-17H2,1-4H3;2*1H. The first kappa shape index (κ1) is 28.3. The average Bonchev–Trinajstić information content (AvgIpc) is 2.72. The number of benzene rings is 1. The lowest BCUT2D eigenvalue weighted by Crippen LogP contribution is -2.49. The van der Waals surface area contributed by atoms with Gasteiger partial charge in [0.25, 0.3) is 0 Å². The second-order valence-electron chi connectivity index (χ2n) is 9.31. The van der Waals surface area contributed by atoms with Gasteiger partial charge in [0.05, 0.1) is 31.6 Å². The normalized spacial score (nSPS) is 25.5. The van der Waals surface area contributed by atoms with Crippen molar-refractivity contribution in [3.05, 3.63) is 24.3 Å². The molecule has 7 heteroatoms. The highest BCUT2D eigenvalue weighted by molar-refractivity contribution is 5.85. The number of ether oxygens (including phenoxy) is 2. The highest BCUT2D eigenvalue weighted by Crippen LogP contribution is 2.35. The first-order valence-electron chi connectivity index (χ1n) is 11.4. The van der Waals surface area contributed by atoms with E-state index in [0.29, 0.717) is 31.1 Å². The van der Waals surface area contributed by atoms with E-state index in [4.69, 9.17) is 9.47 Å². The zero-order chi connectivity index (χ0) is 20.8. The summed E-state index contributed by atoms with van der Waals surface area (Å²) < 4.78 is 11.7. The Kier molecular flexibility index (Phi) is 12.6. The van der Waals surface area contributed by atoms with Gasteiger partial charge in [-0.1, -0.05) is 39.3 Å². The monoisotopic (exact) mass is 476 g/mol. The molecule has 1 saturated carbocycles. The van der Waals surface area contributed by atoms with E-state index in [1.165, 1.54) is 12.8 Å². The van der Waals surface area contributed by atoms with E-state index in [0.717, 1.165) is 50.0 Å². The molecule has 4 unspecified atom stereocenters. The van der Waals surface area contributed by atoms with Gasteiger partial charge in [-0.05, 0) is 42.7 Å². The van der Waals surface area contributed by atoms with Crippen molar-refractivity contribution in [3.8, 4) is 5.75 Å². The minimum atomic E-state index is -0.419. The van der Waals surface area contributed by atoms with Gasteiger partial charge in [-0.15, -0.1) is 24.8 Å². The average molecular weight is 478 g/mol. The number of hydrogen-bond donors (Lipinski definition) is 1. The van der Waals surface area contributed by atoms with Crippen LogP contribution < -0.4 is 9.64 Å². The van der Waals surface area contributed by atoms with Crippen LogP contribution in [0.5, 0.6) is 5.75 Å². The van der Waals surface area contributed by atoms with Crippen LogP contribution in [0.15, 0.2) is 24.3 Å². The SMILES string of the molecule is COc1ccccc1N1CCN(CC(O)COC2CC(C)CCC2C(C)C)CC1.Cl.Cl. The molecular formula is C24H42Cl2N2O3. The third kappa shape index (κ3) is 7.97. The highest BCUT2D eigenvalue weighted by atomic mass is 35.5. The fourth-order valence-corrected chi connectivity index (χ4v) is 4.95.